The lowest BCUT2D eigenvalue weighted by Crippen LogP contribution is -1.82. The second-order valence-corrected chi connectivity index (χ2v) is 8.80. The Morgan fingerprint density at radius 1 is 0.649 bits per heavy atom. The number of benzene rings is 4. The van der Waals surface area contributed by atoms with Crippen LogP contribution in [0, 0.1) is 0 Å². The standard InChI is InChI=1S/C30H21ClN2O4/c1-34-22-11-13-25-27(16-22)36-29(32-25)20-7-4-18(5-8-20)3-6-19-9-10-21(15-24(19)31)30-33-26-14-12-23(35-2)17-28(26)37-30/h3-17H,1-2H3. The summed E-state index contributed by atoms with van der Waals surface area (Å²) in [6.45, 7) is 0. The van der Waals surface area contributed by atoms with E-state index in [-0.39, 0.29) is 0 Å². The van der Waals surface area contributed by atoms with Gasteiger partial charge in [0.1, 0.15) is 22.5 Å². The van der Waals surface area contributed by atoms with Crippen molar-refractivity contribution in [1.82, 2.24) is 9.97 Å². The van der Waals surface area contributed by atoms with E-state index in [4.69, 9.17) is 29.9 Å². The fourth-order valence-electron chi connectivity index (χ4n) is 4.03. The largest absolute Gasteiger partial charge is 0.497 e. The summed E-state index contributed by atoms with van der Waals surface area (Å²) in [7, 11) is 3.25. The van der Waals surface area contributed by atoms with Gasteiger partial charge in [0.2, 0.25) is 11.8 Å². The van der Waals surface area contributed by atoms with Gasteiger partial charge >= 0.3 is 0 Å². The predicted molar refractivity (Wildman–Crippen MR) is 146 cm³/mol. The van der Waals surface area contributed by atoms with Crippen molar-refractivity contribution in [3.63, 3.8) is 0 Å². The maximum Gasteiger partial charge on any atom is 0.227 e. The van der Waals surface area contributed by atoms with Crippen LogP contribution in [0.1, 0.15) is 11.1 Å². The molecular formula is C30H21ClN2O4. The first kappa shape index (κ1) is 22.9. The Kier molecular flexibility index (Phi) is 5.87. The molecular weight excluding hydrogens is 488 g/mol. The molecule has 0 aliphatic heterocycles. The van der Waals surface area contributed by atoms with Crippen LogP contribution in [0.4, 0.5) is 0 Å². The molecule has 2 heterocycles. The molecule has 37 heavy (non-hydrogen) atoms. The van der Waals surface area contributed by atoms with Gasteiger partial charge in [-0.3, -0.25) is 0 Å². The van der Waals surface area contributed by atoms with E-state index < -0.39 is 0 Å². The van der Waals surface area contributed by atoms with E-state index in [1.807, 2.05) is 91.0 Å². The van der Waals surface area contributed by atoms with Gasteiger partial charge in [0.25, 0.3) is 0 Å². The van der Waals surface area contributed by atoms with Gasteiger partial charge in [0, 0.05) is 28.3 Å². The number of nitrogens with zero attached hydrogens (tertiary/aromatic N) is 2. The number of rotatable bonds is 6. The van der Waals surface area contributed by atoms with Crippen molar-refractivity contribution >= 4 is 46.0 Å². The van der Waals surface area contributed by atoms with Crippen molar-refractivity contribution in [2.75, 3.05) is 14.2 Å². The van der Waals surface area contributed by atoms with Gasteiger partial charge in [-0.05, 0) is 59.7 Å². The van der Waals surface area contributed by atoms with Crippen LogP contribution in [-0.2, 0) is 0 Å². The minimum atomic E-state index is 0.508. The molecule has 6 rings (SSSR count). The van der Waals surface area contributed by atoms with Gasteiger partial charge < -0.3 is 18.3 Å². The Hall–Kier alpha value is -4.55. The molecule has 0 aliphatic carbocycles. The first-order valence-electron chi connectivity index (χ1n) is 11.6. The van der Waals surface area contributed by atoms with Crippen LogP contribution in [0.2, 0.25) is 5.02 Å². The second-order valence-electron chi connectivity index (χ2n) is 8.40. The quantitative estimate of drug-likeness (QED) is 0.211. The zero-order valence-electron chi connectivity index (χ0n) is 20.1. The van der Waals surface area contributed by atoms with E-state index in [9.17, 15) is 0 Å². The predicted octanol–water partition coefficient (Wildman–Crippen LogP) is 8.14. The van der Waals surface area contributed by atoms with Gasteiger partial charge in [-0.2, -0.15) is 0 Å². The number of methoxy groups -OCH3 is 2. The van der Waals surface area contributed by atoms with Crippen LogP contribution in [0.25, 0.3) is 57.3 Å². The number of halogens is 1. The third-order valence-electron chi connectivity index (χ3n) is 6.05. The average molecular weight is 509 g/mol. The molecule has 0 bridgehead atoms. The van der Waals surface area contributed by atoms with Crippen LogP contribution in [-0.4, -0.2) is 24.2 Å². The lowest BCUT2D eigenvalue weighted by molar-refractivity contribution is 0.414. The number of ether oxygens (including phenoxy) is 2. The number of aromatic nitrogens is 2. The number of hydrogen-bond donors (Lipinski definition) is 0. The molecule has 0 fully saturated rings. The van der Waals surface area contributed by atoms with E-state index in [1.165, 1.54) is 0 Å². The van der Waals surface area contributed by atoms with Crippen molar-refractivity contribution in [1.29, 1.82) is 0 Å². The fraction of sp³-hybridized carbons (Fsp3) is 0.0667. The third kappa shape index (κ3) is 4.55. The lowest BCUT2D eigenvalue weighted by atomic mass is 10.1. The zero-order valence-corrected chi connectivity index (χ0v) is 20.8. The van der Waals surface area contributed by atoms with Crippen LogP contribution in [0.15, 0.2) is 87.7 Å². The number of oxazole rings is 2. The van der Waals surface area contributed by atoms with Crippen molar-refractivity contribution < 1.29 is 18.3 Å². The van der Waals surface area contributed by atoms with Crippen LogP contribution >= 0.6 is 11.6 Å². The lowest BCUT2D eigenvalue weighted by Gasteiger charge is -2.02. The smallest absolute Gasteiger partial charge is 0.227 e. The first-order chi connectivity index (χ1) is 18.1. The third-order valence-corrected chi connectivity index (χ3v) is 6.38. The van der Waals surface area contributed by atoms with Gasteiger partial charge in [-0.1, -0.05) is 42.0 Å². The molecule has 2 aromatic heterocycles. The van der Waals surface area contributed by atoms with E-state index >= 15 is 0 Å². The van der Waals surface area contributed by atoms with E-state index in [1.54, 1.807) is 14.2 Å². The van der Waals surface area contributed by atoms with Gasteiger partial charge in [0.05, 0.1) is 14.2 Å². The van der Waals surface area contributed by atoms with E-state index in [2.05, 4.69) is 9.97 Å². The Morgan fingerprint density at radius 2 is 1.22 bits per heavy atom. The molecule has 0 radical (unpaired) electrons. The number of hydrogen-bond acceptors (Lipinski definition) is 6. The summed E-state index contributed by atoms with van der Waals surface area (Å²) < 4.78 is 22.3. The summed E-state index contributed by atoms with van der Waals surface area (Å²) in [6.07, 6.45) is 3.98. The van der Waals surface area contributed by atoms with Crippen LogP contribution in [0.3, 0.4) is 0 Å². The molecule has 0 amide bonds. The second kappa shape index (κ2) is 9.48. The van der Waals surface area contributed by atoms with Gasteiger partial charge in [0.15, 0.2) is 11.2 Å². The average Bonchev–Trinajstić information content (AvgIpc) is 3.56. The van der Waals surface area contributed by atoms with Crippen molar-refractivity contribution in [2.45, 2.75) is 0 Å². The fourth-order valence-corrected chi connectivity index (χ4v) is 4.27. The van der Waals surface area contributed by atoms with E-state index in [0.717, 1.165) is 44.8 Å². The molecule has 7 heteroatoms. The summed E-state index contributed by atoms with van der Waals surface area (Å²) in [6, 6.07) is 24.8. The molecule has 0 N–H and O–H groups in total. The van der Waals surface area contributed by atoms with Crippen LogP contribution in [0.5, 0.6) is 11.5 Å². The molecule has 0 atom stereocenters. The topological polar surface area (TPSA) is 70.5 Å². The highest BCUT2D eigenvalue weighted by Gasteiger charge is 2.11. The summed E-state index contributed by atoms with van der Waals surface area (Å²) in [5.41, 5.74) is 6.51. The van der Waals surface area contributed by atoms with Gasteiger partial charge in [-0.15, -0.1) is 0 Å². The first-order valence-corrected chi connectivity index (χ1v) is 11.9. The summed E-state index contributed by atoms with van der Waals surface area (Å²) in [5, 5.41) is 0.604. The highest BCUT2D eigenvalue weighted by Crippen LogP contribution is 2.31. The Morgan fingerprint density at radius 3 is 1.78 bits per heavy atom. The summed E-state index contributed by atoms with van der Waals surface area (Å²) in [5.74, 6) is 2.53. The van der Waals surface area contributed by atoms with Gasteiger partial charge in [-0.25, -0.2) is 9.97 Å². The molecule has 6 nitrogen and oxygen atoms in total. The Balaban J connectivity index is 1.20. The highest BCUT2D eigenvalue weighted by atomic mass is 35.5. The highest BCUT2D eigenvalue weighted by molar-refractivity contribution is 6.32. The maximum absolute atomic E-state index is 6.59. The minimum absolute atomic E-state index is 0.508. The Labute approximate surface area is 217 Å². The maximum atomic E-state index is 6.59. The zero-order chi connectivity index (χ0) is 25.4. The van der Waals surface area contributed by atoms with Crippen molar-refractivity contribution in [3.05, 3.63) is 95.0 Å². The molecule has 6 aromatic rings. The molecule has 4 aromatic carbocycles. The Bertz CT molecular complexity index is 1770. The summed E-state index contributed by atoms with van der Waals surface area (Å²) >= 11 is 6.59. The summed E-state index contributed by atoms with van der Waals surface area (Å²) in [4.78, 5) is 9.13. The molecule has 182 valence electrons. The molecule has 0 unspecified atom stereocenters. The SMILES string of the molecule is COc1ccc2nc(-c3ccc(C=Cc4ccc(-c5nc6ccc(OC)cc6o5)cc4Cl)cc3)oc2c1. The van der Waals surface area contributed by atoms with Crippen molar-refractivity contribution in [2.24, 2.45) is 0 Å². The van der Waals surface area contributed by atoms with Crippen molar-refractivity contribution in [3.8, 4) is 34.4 Å². The molecule has 0 spiro atoms. The monoisotopic (exact) mass is 508 g/mol. The molecule has 0 saturated heterocycles. The molecule has 0 aliphatic rings. The van der Waals surface area contributed by atoms with Crippen LogP contribution < -0.4 is 9.47 Å². The number of fused-ring (bicyclic) bond motifs is 2. The van der Waals surface area contributed by atoms with E-state index in [0.29, 0.717) is 28.0 Å². The molecule has 0 saturated carbocycles. The normalized spacial score (nSPS) is 11.5. The minimum Gasteiger partial charge on any atom is -0.497 e.